The van der Waals surface area contributed by atoms with E-state index in [4.69, 9.17) is 18.9 Å². The summed E-state index contributed by atoms with van der Waals surface area (Å²) in [5.41, 5.74) is 0. The monoisotopic (exact) mass is 758 g/mol. The molecule has 1 rings (SSSR count). The van der Waals surface area contributed by atoms with E-state index in [9.17, 15) is 37.9 Å². The molecule has 1 saturated heterocycles. The lowest BCUT2D eigenvalue weighted by Crippen LogP contribution is -2.60. The van der Waals surface area contributed by atoms with Crippen molar-refractivity contribution in [1.82, 2.24) is 0 Å². The number of carbonyl (C=O) groups is 2. The van der Waals surface area contributed by atoms with Gasteiger partial charge in [-0.25, -0.2) is 0 Å². The number of rotatable bonds is 30. The van der Waals surface area contributed by atoms with Crippen molar-refractivity contribution in [3.63, 3.8) is 0 Å². The number of esters is 2. The first-order chi connectivity index (χ1) is 25.0. The van der Waals surface area contributed by atoms with E-state index in [2.05, 4.69) is 38.2 Å². The van der Waals surface area contributed by atoms with Crippen LogP contribution in [0.1, 0.15) is 129 Å². The molecule has 13 heteroatoms. The van der Waals surface area contributed by atoms with Gasteiger partial charge in [0, 0.05) is 12.8 Å². The molecule has 300 valence electrons. The molecule has 0 aromatic carbocycles. The Balaban J connectivity index is 2.56. The Labute approximate surface area is 312 Å². The van der Waals surface area contributed by atoms with Crippen LogP contribution >= 0.6 is 0 Å². The van der Waals surface area contributed by atoms with E-state index in [-0.39, 0.29) is 19.4 Å². The second-order valence-corrected chi connectivity index (χ2v) is 14.8. The molecule has 1 aliphatic rings. The summed E-state index contributed by atoms with van der Waals surface area (Å²) in [7, 11) is -4.60. The predicted molar refractivity (Wildman–Crippen MR) is 201 cm³/mol. The minimum Gasteiger partial charge on any atom is -0.462 e. The van der Waals surface area contributed by atoms with Gasteiger partial charge < -0.3 is 34.3 Å². The number of aliphatic hydroxyl groups excluding tert-OH is 3. The third-order valence-corrected chi connectivity index (χ3v) is 9.20. The molecule has 0 spiro atoms. The molecule has 0 amide bonds. The van der Waals surface area contributed by atoms with Crippen molar-refractivity contribution in [3.8, 4) is 0 Å². The van der Waals surface area contributed by atoms with Crippen molar-refractivity contribution in [3.05, 3.63) is 48.6 Å². The van der Waals surface area contributed by atoms with Crippen LogP contribution in [0.25, 0.3) is 0 Å². The van der Waals surface area contributed by atoms with Gasteiger partial charge >= 0.3 is 11.9 Å². The largest absolute Gasteiger partial charge is 0.462 e. The van der Waals surface area contributed by atoms with Crippen LogP contribution in [0.4, 0.5) is 0 Å². The third kappa shape index (κ3) is 24.8. The summed E-state index contributed by atoms with van der Waals surface area (Å²) in [6, 6.07) is 0. The molecule has 1 aliphatic heterocycles. The Morgan fingerprint density at radius 1 is 0.673 bits per heavy atom. The molecule has 52 heavy (non-hydrogen) atoms. The molecule has 0 bridgehead atoms. The summed E-state index contributed by atoms with van der Waals surface area (Å²) < 4.78 is 53.7. The molecule has 6 atom stereocenters. The quantitative estimate of drug-likeness (QED) is 0.0207. The molecule has 1 fully saturated rings. The zero-order valence-corrected chi connectivity index (χ0v) is 32.2. The lowest BCUT2D eigenvalue weighted by molar-refractivity contribution is -0.297. The van der Waals surface area contributed by atoms with Crippen molar-refractivity contribution >= 4 is 22.1 Å². The van der Waals surface area contributed by atoms with Gasteiger partial charge in [-0.15, -0.1) is 0 Å². The van der Waals surface area contributed by atoms with Crippen LogP contribution < -0.4 is 0 Å². The highest BCUT2D eigenvalue weighted by molar-refractivity contribution is 7.85. The Kier molecular flexibility index (Phi) is 27.5. The number of hydrogen-bond donors (Lipinski definition) is 4. The Hall–Kier alpha value is -2.39. The van der Waals surface area contributed by atoms with Gasteiger partial charge in [0.1, 0.15) is 36.8 Å². The third-order valence-electron chi connectivity index (χ3n) is 8.45. The summed E-state index contributed by atoms with van der Waals surface area (Å²) in [6.45, 7) is 3.52. The van der Waals surface area contributed by atoms with Crippen molar-refractivity contribution in [2.75, 3.05) is 19.0 Å². The van der Waals surface area contributed by atoms with E-state index < -0.39 is 71.2 Å². The first-order valence-electron chi connectivity index (χ1n) is 19.2. The number of carbonyl (C=O) groups excluding carboxylic acids is 2. The molecule has 0 radical (unpaired) electrons. The van der Waals surface area contributed by atoms with E-state index in [1.807, 2.05) is 24.3 Å². The SMILES string of the molecule is CC/C=C/C=C/C=C/CCCCCCCC(=O)OC(COC(=O)CCCCCCC/C=C/CCCC)CO[C@H]1O[C@H](CS(=O)(=O)O)[C@@H](O)C(O)C1O. The lowest BCUT2D eigenvalue weighted by Gasteiger charge is -2.40. The van der Waals surface area contributed by atoms with E-state index in [1.165, 1.54) is 12.8 Å². The second kappa shape index (κ2) is 30.0. The second-order valence-electron chi connectivity index (χ2n) is 13.3. The Bertz CT molecular complexity index is 1170. The fourth-order valence-electron chi connectivity index (χ4n) is 5.42. The lowest BCUT2D eigenvalue weighted by atomic mass is 10.00. The molecule has 0 saturated carbocycles. The molecule has 12 nitrogen and oxygen atoms in total. The van der Waals surface area contributed by atoms with E-state index in [1.54, 1.807) is 0 Å². The van der Waals surface area contributed by atoms with E-state index in [0.717, 1.165) is 77.0 Å². The summed E-state index contributed by atoms with van der Waals surface area (Å²) in [6.07, 6.45) is 23.2. The molecule has 4 N–H and O–H groups in total. The number of ether oxygens (including phenoxy) is 4. The summed E-state index contributed by atoms with van der Waals surface area (Å²) in [5.74, 6) is -2.03. The highest BCUT2D eigenvalue weighted by Gasteiger charge is 2.46. The molecule has 3 unspecified atom stereocenters. The maximum absolute atomic E-state index is 12.7. The molecule has 0 aromatic rings. The van der Waals surface area contributed by atoms with Crippen LogP contribution in [0.3, 0.4) is 0 Å². The van der Waals surface area contributed by atoms with Crippen LogP contribution in [0.2, 0.25) is 0 Å². The number of allylic oxidation sites excluding steroid dienone is 8. The summed E-state index contributed by atoms with van der Waals surface area (Å²) in [4.78, 5) is 25.2. The zero-order chi connectivity index (χ0) is 38.5. The molecule has 1 heterocycles. The highest BCUT2D eigenvalue weighted by atomic mass is 32.2. The Morgan fingerprint density at radius 3 is 1.85 bits per heavy atom. The highest BCUT2D eigenvalue weighted by Crippen LogP contribution is 2.24. The van der Waals surface area contributed by atoms with Crippen LogP contribution in [-0.2, 0) is 38.7 Å². The van der Waals surface area contributed by atoms with Gasteiger partial charge in [0.05, 0.1) is 6.61 Å². The summed E-state index contributed by atoms with van der Waals surface area (Å²) >= 11 is 0. The first-order valence-corrected chi connectivity index (χ1v) is 20.8. The molecular formula is C39H66O12S. The number of unbranched alkanes of at least 4 members (excludes halogenated alkanes) is 12. The van der Waals surface area contributed by atoms with Gasteiger partial charge in [0.15, 0.2) is 12.4 Å². The predicted octanol–water partition coefficient (Wildman–Crippen LogP) is 6.44. The van der Waals surface area contributed by atoms with Gasteiger partial charge in [0.2, 0.25) is 0 Å². The smallest absolute Gasteiger partial charge is 0.306 e. The van der Waals surface area contributed by atoms with E-state index >= 15 is 0 Å². The average Bonchev–Trinajstić information content (AvgIpc) is 3.10. The van der Waals surface area contributed by atoms with Crippen molar-refractivity contribution < 1.29 is 56.8 Å². The van der Waals surface area contributed by atoms with Gasteiger partial charge in [-0.05, 0) is 51.4 Å². The van der Waals surface area contributed by atoms with Crippen LogP contribution in [0.5, 0.6) is 0 Å². The van der Waals surface area contributed by atoms with Crippen molar-refractivity contribution in [2.24, 2.45) is 0 Å². The van der Waals surface area contributed by atoms with Gasteiger partial charge in [0.25, 0.3) is 10.1 Å². The van der Waals surface area contributed by atoms with Crippen LogP contribution in [0, 0.1) is 0 Å². The average molecular weight is 759 g/mol. The van der Waals surface area contributed by atoms with Crippen LogP contribution in [-0.4, -0.2) is 96.0 Å². The van der Waals surface area contributed by atoms with Gasteiger partial charge in [-0.2, -0.15) is 8.42 Å². The van der Waals surface area contributed by atoms with Crippen LogP contribution in [0.15, 0.2) is 48.6 Å². The maximum atomic E-state index is 12.7. The van der Waals surface area contributed by atoms with Gasteiger partial charge in [-0.1, -0.05) is 114 Å². The minimum atomic E-state index is -4.60. The number of hydrogen-bond acceptors (Lipinski definition) is 11. The Morgan fingerprint density at radius 2 is 1.23 bits per heavy atom. The topological polar surface area (TPSA) is 186 Å². The van der Waals surface area contributed by atoms with Crippen molar-refractivity contribution in [1.29, 1.82) is 0 Å². The standard InChI is InChI=1S/C39H66O12S/c1-3-5-7-9-11-13-15-16-18-20-22-24-26-28-35(41)50-32(29-48-34(40)27-25-23-21-19-17-14-12-10-8-6-4-2)30-49-39-38(44)37(43)36(42)33(51-39)31-52(45,46)47/h5,7,9-13,15,32-33,36-39,42-44H,3-4,6,8,14,16-31H2,1-2H3,(H,45,46,47)/b7-5+,11-9+,12-10+,15-13+/t32?,33-,36-,37?,38?,39+/m1/s1. The molecular weight excluding hydrogens is 692 g/mol. The first kappa shape index (κ1) is 47.6. The molecule has 0 aliphatic carbocycles. The maximum Gasteiger partial charge on any atom is 0.306 e. The number of aliphatic hydroxyl groups is 3. The normalized spacial score (nSPS) is 21.8. The van der Waals surface area contributed by atoms with E-state index in [0.29, 0.717) is 12.8 Å². The van der Waals surface area contributed by atoms with Gasteiger partial charge in [-0.3, -0.25) is 14.1 Å². The van der Waals surface area contributed by atoms with Crippen molar-refractivity contribution in [2.45, 2.75) is 166 Å². The zero-order valence-electron chi connectivity index (χ0n) is 31.4. The molecule has 0 aromatic heterocycles. The fraction of sp³-hybridized carbons (Fsp3) is 0.744. The summed E-state index contributed by atoms with van der Waals surface area (Å²) in [5, 5.41) is 30.7. The fourth-order valence-corrected chi connectivity index (χ4v) is 6.11. The minimum absolute atomic E-state index is 0.138.